The molecule has 10 heteroatoms. The number of likely N-dealkylation sites (tertiary alicyclic amines) is 2. The van der Waals surface area contributed by atoms with Gasteiger partial charge in [-0.15, -0.1) is 0 Å². The second kappa shape index (κ2) is 10.3. The number of nitrogen functional groups attached to an aromatic ring is 1. The second-order valence-corrected chi connectivity index (χ2v) is 11.7. The van der Waals surface area contributed by atoms with Gasteiger partial charge in [-0.3, -0.25) is 4.90 Å². The molecule has 0 aromatic carbocycles. The normalized spacial score (nSPS) is 19.3. The minimum atomic E-state index is -1.36. The zero-order valence-corrected chi connectivity index (χ0v) is 21.9. The van der Waals surface area contributed by atoms with Gasteiger partial charge in [0.05, 0.1) is 0 Å². The Bertz CT molecular complexity index is 1190. The molecule has 3 aromatic heterocycles. The molecule has 0 radical (unpaired) electrons. The Hall–Kier alpha value is -2.72. The van der Waals surface area contributed by atoms with E-state index in [9.17, 15) is 0 Å². The van der Waals surface area contributed by atoms with Crippen molar-refractivity contribution in [3.63, 3.8) is 0 Å². The van der Waals surface area contributed by atoms with E-state index in [-0.39, 0.29) is 5.95 Å². The van der Waals surface area contributed by atoms with Gasteiger partial charge in [-0.1, -0.05) is 32.2 Å². The molecule has 2 fully saturated rings. The Morgan fingerprint density at radius 3 is 2.53 bits per heavy atom. The van der Waals surface area contributed by atoms with Crippen LogP contribution in [0.2, 0.25) is 0 Å². The molecule has 0 unspecified atom stereocenters. The molecule has 36 heavy (non-hydrogen) atoms. The van der Waals surface area contributed by atoms with Gasteiger partial charge in [0.1, 0.15) is 5.52 Å². The number of hydrogen-bond acceptors (Lipinski definition) is 8. The average Bonchev–Trinajstić information content (AvgIpc) is 3.23. The lowest BCUT2D eigenvalue weighted by molar-refractivity contribution is 0.0519. The summed E-state index contributed by atoms with van der Waals surface area (Å²) in [5.74, 6) is 0.271. The van der Waals surface area contributed by atoms with Gasteiger partial charge in [-0.25, -0.2) is 24.3 Å². The zero-order chi connectivity index (χ0) is 25.3. The van der Waals surface area contributed by atoms with Crippen molar-refractivity contribution in [3.05, 3.63) is 48.6 Å². The van der Waals surface area contributed by atoms with Crippen LogP contribution >= 0.6 is 11.8 Å². The first-order valence-electron chi connectivity index (χ1n) is 12.7. The summed E-state index contributed by atoms with van der Waals surface area (Å²) >= 11 is 1.78. The van der Waals surface area contributed by atoms with Gasteiger partial charge in [-0.05, 0) is 37.8 Å². The monoisotopic (exact) mass is 510 g/mol. The summed E-state index contributed by atoms with van der Waals surface area (Å²) in [5, 5.41) is 1.46. The lowest BCUT2D eigenvalue weighted by Crippen LogP contribution is -2.47. The van der Waals surface area contributed by atoms with E-state index in [1.54, 1.807) is 24.2 Å². The number of piperidine rings is 2. The van der Waals surface area contributed by atoms with E-state index in [1.807, 2.05) is 18.3 Å². The minimum Gasteiger partial charge on any atom is -0.373 e. The summed E-state index contributed by atoms with van der Waals surface area (Å²) in [6.07, 6.45) is 8.07. The number of halogens is 1. The van der Waals surface area contributed by atoms with Crippen LogP contribution in [0.1, 0.15) is 51.1 Å². The highest BCUT2D eigenvalue weighted by atomic mass is 32.2. The number of anilines is 1. The van der Waals surface area contributed by atoms with Gasteiger partial charge >= 0.3 is 0 Å². The van der Waals surface area contributed by atoms with E-state index >= 15 is 4.39 Å². The summed E-state index contributed by atoms with van der Waals surface area (Å²) in [7, 11) is 0. The number of nitrogens with zero attached hydrogens (tertiary/aromatic N) is 7. The highest BCUT2D eigenvalue weighted by molar-refractivity contribution is 7.99. The Kier molecular flexibility index (Phi) is 7.16. The number of allylic oxidation sites excluding steroid dienone is 1. The number of thioether (sulfide) groups is 1. The first-order chi connectivity index (χ1) is 17.3. The number of rotatable bonds is 7. The van der Waals surface area contributed by atoms with Gasteiger partial charge in [0.2, 0.25) is 5.95 Å². The first-order valence-corrected chi connectivity index (χ1v) is 13.6. The van der Waals surface area contributed by atoms with Gasteiger partial charge in [0, 0.05) is 73.9 Å². The molecule has 0 atom stereocenters. The number of aromatic nitrogens is 5. The number of pyridine rings is 1. The van der Waals surface area contributed by atoms with Crippen molar-refractivity contribution in [1.82, 2.24) is 34.3 Å². The number of alkyl halides is 1. The van der Waals surface area contributed by atoms with Crippen molar-refractivity contribution in [2.24, 2.45) is 0 Å². The Balaban J connectivity index is 1.20. The number of fused-ring (bicyclic) bond motifs is 1. The third-order valence-electron chi connectivity index (χ3n) is 7.27. The van der Waals surface area contributed by atoms with Crippen LogP contribution in [0.5, 0.6) is 0 Å². The Morgan fingerprint density at radius 1 is 1.17 bits per heavy atom. The fraction of sp³-hybridized carbons (Fsp3) is 0.538. The van der Waals surface area contributed by atoms with Crippen LogP contribution in [-0.4, -0.2) is 71.4 Å². The molecule has 5 rings (SSSR count). The van der Waals surface area contributed by atoms with Crippen molar-refractivity contribution in [1.29, 1.82) is 0 Å². The van der Waals surface area contributed by atoms with Crippen molar-refractivity contribution >= 4 is 28.9 Å². The summed E-state index contributed by atoms with van der Waals surface area (Å²) in [6.45, 7) is 12.3. The van der Waals surface area contributed by atoms with Gasteiger partial charge in [0.25, 0.3) is 0 Å². The van der Waals surface area contributed by atoms with Crippen LogP contribution in [0.3, 0.4) is 0 Å². The second-order valence-electron chi connectivity index (χ2n) is 10.1. The molecule has 8 nitrogen and oxygen atoms in total. The summed E-state index contributed by atoms with van der Waals surface area (Å²) in [5.41, 5.74) is 7.73. The number of nitrogens with two attached hydrogens (primary N) is 1. The molecular weight excluding hydrogens is 475 g/mol. The Morgan fingerprint density at radius 2 is 1.86 bits per heavy atom. The fourth-order valence-electron chi connectivity index (χ4n) is 5.27. The predicted molar refractivity (Wildman–Crippen MR) is 142 cm³/mol. The maximum absolute atomic E-state index is 16.1. The smallest absolute Gasteiger partial charge is 0.219 e. The topological polar surface area (TPSA) is 89.0 Å². The number of hydrogen-bond donors (Lipinski definition) is 1. The third-order valence-corrected chi connectivity index (χ3v) is 8.24. The summed E-state index contributed by atoms with van der Waals surface area (Å²) < 4.78 is 18.4. The molecule has 2 N–H and O–H groups in total. The van der Waals surface area contributed by atoms with Crippen LogP contribution in [0.4, 0.5) is 10.3 Å². The molecule has 3 aromatic rings. The SMILES string of the molecule is C=C(N1CCC(n2c(SC(C)C)nc3cccnc32)CC1)C1(F)CCN(Cc2cnc(N)nc2)CC1. The van der Waals surface area contributed by atoms with Crippen molar-refractivity contribution < 1.29 is 4.39 Å². The third kappa shape index (κ3) is 5.20. The van der Waals surface area contributed by atoms with E-state index in [1.165, 1.54) is 0 Å². The van der Waals surface area contributed by atoms with Gasteiger partial charge in [0.15, 0.2) is 16.5 Å². The van der Waals surface area contributed by atoms with Gasteiger partial charge < -0.3 is 15.2 Å². The molecule has 0 bridgehead atoms. The van der Waals surface area contributed by atoms with E-state index in [0.29, 0.717) is 49.5 Å². The molecule has 5 heterocycles. The maximum atomic E-state index is 16.1. The quantitative estimate of drug-likeness (QED) is 0.466. The van der Waals surface area contributed by atoms with Crippen molar-refractivity contribution in [3.8, 4) is 0 Å². The lowest BCUT2D eigenvalue weighted by Gasteiger charge is -2.44. The highest BCUT2D eigenvalue weighted by Crippen LogP contribution is 2.39. The molecule has 0 saturated carbocycles. The standard InChI is InChI=1S/C26H35FN8S/c1-18(2)36-25-32-22-5-4-10-29-23(22)35(25)21-6-11-34(12-7-21)19(3)26(27)8-13-33(14-9-26)17-20-15-30-24(28)31-16-20/h4-5,10,15-16,18,21H,3,6-9,11-14,17H2,1-2H3,(H2,28,30,31). The molecule has 2 saturated heterocycles. The van der Waals surface area contributed by atoms with Crippen LogP contribution in [0, 0.1) is 0 Å². The maximum Gasteiger partial charge on any atom is 0.219 e. The van der Waals surface area contributed by atoms with Crippen molar-refractivity contribution in [2.75, 3.05) is 31.9 Å². The van der Waals surface area contributed by atoms with Crippen LogP contribution in [0.15, 0.2) is 48.2 Å². The average molecular weight is 511 g/mol. The molecule has 0 amide bonds. The van der Waals surface area contributed by atoms with Crippen LogP contribution < -0.4 is 5.73 Å². The highest BCUT2D eigenvalue weighted by Gasteiger charge is 2.40. The molecule has 0 aliphatic carbocycles. The van der Waals surface area contributed by atoms with E-state index in [4.69, 9.17) is 10.7 Å². The molecule has 192 valence electrons. The molecule has 2 aliphatic rings. The molecule has 0 spiro atoms. The zero-order valence-electron chi connectivity index (χ0n) is 21.1. The van der Waals surface area contributed by atoms with Crippen LogP contribution in [0.25, 0.3) is 11.2 Å². The Labute approximate surface area is 216 Å². The minimum absolute atomic E-state index is 0.271. The number of imidazole rings is 1. The largest absolute Gasteiger partial charge is 0.373 e. The van der Waals surface area contributed by atoms with E-state index in [2.05, 4.69) is 49.7 Å². The van der Waals surface area contributed by atoms with E-state index < -0.39 is 5.67 Å². The van der Waals surface area contributed by atoms with Gasteiger partial charge in [-0.2, -0.15) is 0 Å². The van der Waals surface area contributed by atoms with E-state index in [0.717, 1.165) is 47.8 Å². The predicted octanol–water partition coefficient (Wildman–Crippen LogP) is 4.46. The van der Waals surface area contributed by atoms with Crippen molar-refractivity contribution in [2.45, 2.75) is 68.2 Å². The fourth-order valence-corrected chi connectivity index (χ4v) is 6.19. The summed E-state index contributed by atoms with van der Waals surface area (Å²) in [4.78, 5) is 22.0. The first kappa shape index (κ1) is 25.0. The lowest BCUT2D eigenvalue weighted by atomic mass is 9.88. The summed E-state index contributed by atoms with van der Waals surface area (Å²) in [6, 6.07) is 4.26. The van der Waals surface area contributed by atoms with Crippen LogP contribution in [-0.2, 0) is 6.54 Å². The molecular formula is C26H35FN8S. The molecule has 2 aliphatic heterocycles.